The van der Waals surface area contributed by atoms with Crippen molar-refractivity contribution in [3.05, 3.63) is 71.3 Å². The highest BCUT2D eigenvalue weighted by Gasteiger charge is 2.38. The van der Waals surface area contributed by atoms with Crippen molar-refractivity contribution in [3.63, 3.8) is 0 Å². The number of hydrogen-bond donors (Lipinski definition) is 2. The molecule has 1 aliphatic carbocycles. The molecule has 0 bridgehead atoms. The lowest BCUT2D eigenvalue weighted by Gasteiger charge is -2.42. The summed E-state index contributed by atoms with van der Waals surface area (Å²) in [5.41, 5.74) is 1.62. The zero-order valence-corrected chi connectivity index (χ0v) is 20.5. The van der Waals surface area contributed by atoms with Gasteiger partial charge in [0.2, 0.25) is 11.8 Å². The molecule has 2 N–H and O–H groups in total. The predicted molar refractivity (Wildman–Crippen MR) is 134 cm³/mol. The van der Waals surface area contributed by atoms with Crippen molar-refractivity contribution < 1.29 is 19.1 Å². The number of nitrogens with one attached hydrogen (secondary N) is 2. The molecule has 0 radical (unpaired) electrons. The smallest absolute Gasteiger partial charge is 0.408 e. The van der Waals surface area contributed by atoms with E-state index < -0.39 is 17.7 Å². The lowest BCUT2D eigenvalue weighted by Crippen LogP contribution is -2.53. The SMILES string of the molecule is C#Cc1ccc(C(C(=O)NCc2ccccc2)N(C(=O)CNC(=O)OC(C)(C)C)C2CCC2)cc1. The van der Waals surface area contributed by atoms with E-state index in [1.165, 1.54) is 0 Å². The third kappa shape index (κ3) is 7.35. The minimum Gasteiger partial charge on any atom is -0.444 e. The summed E-state index contributed by atoms with van der Waals surface area (Å²) < 4.78 is 5.26. The maximum Gasteiger partial charge on any atom is 0.408 e. The van der Waals surface area contributed by atoms with Crippen molar-refractivity contribution in [2.24, 2.45) is 0 Å². The van der Waals surface area contributed by atoms with Crippen LogP contribution in [-0.4, -0.2) is 41.0 Å². The monoisotopic (exact) mass is 475 g/mol. The van der Waals surface area contributed by atoms with Crippen molar-refractivity contribution in [1.29, 1.82) is 0 Å². The van der Waals surface area contributed by atoms with Crippen molar-refractivity contribution in [3.8, 4) is 12.3 Å². The van der Waals surface area contributed by atoms with Crippen molar-refractivity contribution in [2.75, 3.05) is 6.54 Å². The van der Waals surface area contributed by atoms with E-state index in [1.54, 1.807) is 49.9 Å². The number of carbonyl (C=O) groups excluding carboxylic acids is 3. The van der Waals surface area contributed by atoms with Gasteiger partial charge in [0.05, 0.1) is 0 Å². The second-order valence-corrected chi connectivity index (χ2v) is 9.61. The number of nitrogens with zero attached hydrogens (tertiary/aromatic N) is 1. The lowest BCUT2D eigenvalue weighted by molar-refractivity contribution is -0.145. The van der Waals surface area contributed by atoms with E-state index in [0.29, 0.717) is 17.7 Å². The average Bonchev–Trinajstić information content (AvgIpc) is 2.79. The molecule has 0 aliphatic heterocycles. The zero-order chi connectivity index (χ0) is 25.4. The Balaban J connectivity index is 1.84. The molecule has 1 aliphatic rings. The first kappa shape index (κ1) is 25.8. The van der Waals surface area contributed by atoms with Crippen LogP contribution < -0.4 is 10.6 Å². The van der Waals surface area contributed by atoms with E-state index in [9.17, 15) is 14.4 Å². The summed E-state index contributed by atoms with van der Waals surface area (Å²) in [6.07, 6.45) is 7.39. The maximum atomic E-state index is 13.5. The first-order valence-corrected chi connectivity index (χ1v) is 11.8. The normalized spacial score (nSPS) is 14.1. The number of amides is 3. The Morgan fingerprint density at radius 1 is 1.06 bits per heavy atom. The van der Waals surface area contributed by atoms with Crippen LogP contribution in [0.15, 0.2) is 54.6 Å². The van der Waals surface area contributed by atoms with Gasteiger partial charge in [-0.15, -0.1) is 6.42 Å². The molecule has 35 heavy (non-hydrogen) atoms. The lowest BCUT2D eigenvalue weighted by atomic mass is 9.88. The van der Waals surface area contributed by atoms with Crippen LogP contribution >= 0.6 is 0 Å². The van der Waals surface area contributed by atoms with Crippen molar-refractivity contribution >= 4 is 17.9 Å². The minimum absolute atomic E-state index is 0.0947. The molecule has 1 saturated carbocycles. The largest absolute Gasteiger partial charge is 0.444 e. The molecule has 1 atom stereocenters. The van der Waals surface area contributed by atoms with Gasteiger partial charge in [-0.1, -0.05) is 48.4 Å². The second kappa shape index (κ2) is 11.6. The number of rotatable bonds is 8. The van der Waals surface area contributed by atoms with Crippen LogP contribution in [-0.2, 0) is 20.9 Å². The fourth-order valence-electron chi connectivity index (χ4n) is 3.86. The molecule has 7 nitrogen and oxygen atoms in total. The van der Waals surface area contributed by atoms with Crippen LogP contribution in [0.1, 0.15) is 62.8 Å². The molecule has 2 aromatic carbocycles. The van der Waals surface area contributed by atoms with E-state index in [2.05, 4.69) is 16.6 Å². The third-order valence-electron chi connectivity index (χ3n) is 5.77. The summed E-state index contributed by atoms with van der Waals surface area (Å²) in [6, 6.07) is 15.7. The first-order valence-electron chi connectivity index (χ1n) is 11.8. The number of ether oxygens (including phenoxy) is 1. The average molecular weight is 476 g/mol. The van der Waals surface area contributed by atoms with Crippen LogP contribution in [0, 0.1) is 12.3 Å². The number of alkyl carbamates (subject to hydrolysis) is 1. The summed E-state index contributed by atoms with van der Waals surface area (Å²) in [6.45, 7) is 5.32. The molecule has 3 amide bonds. The van der Waals surface area contributed by atoms with E-state index in [0.717, 1.165) is 24.8 Å². The Bertz CT molecular complexity index is 1060. The number of hydrogen-bond acceptors (Lipinski definition) is 4. The Kier molecular flexibility index (Phi) is 8.53. The zero-order valence-electron chi connectivity index (χ0n) is 20.5. The van der Waals surface area contributed by atoms with Crippen molar-refractivity contribution in [1.82, 2.24) is 15.5 Å². The summed E-state index contributed by atoms with van der Waals surface area (Å²) >= 11 is 0. The van der Waals surface area contributed by atoms with Crippen LogP contribution in [0.4, 0.5) is 4.79 Å². The third-order valence-corrected chi connectivity index (χ3v) is 5.77. The van der Waals surface area contributed by atoms with Gasteiger partial charge in [0, 0.05) is 18.2 Å². The molecular weight excluding hydrogens is 442 g/mol. The minimum atomic E-state index is -0.858. The fraction of sp³-hybridized carbons (Fsp3) is 0.393. The Labute approximate surface area is 207 Å². The highest BCUT2D eigenvalue weighted by Crippen LogP contribution is 2.33. The molecule has 184 valence electrons. The van der Waals surface area contributed by atoms with Crippen LogP contribution in [0.25, 0.3) is 0 Å². The van der Waals surface area contributed by atoms with E-state index in [1.807, 2.05) is 30.3 Å². The van der Waals surface area contributed by atoms with Gasteiger partial charge in [0.1, 0.15) is 18.2 Å². The second-order valence-electron chi connectivity index (χ2n) is 9.61. The van der Waals surface area contributed by atoms with Gasteiger partial charge in [-0.05, 0) is 63.3 Å². The van der Waals surface area contributed by atoms with Crippen LogP contribution in [0.3, 0.4) is 0 Å². The number of benzene rings is 2. The molecular formula is C28H33N3O4. The van der Waals surface area contributed by atoms with Gasteiger partial charge in [0.25, 0.3) is 0 Å². The highest BCUT2D eigenvalue weighted by molar-refractivity contribution is 5.90. The van der Waals surface area contributed by atoms with Gasteiger partial charge in [-0.3, -0.25) is 9.59 Å². The van der Waals surface area contributed by atoms with Gasteiger partial charge < -0.3 is 20.3 Å². The fourth-order valence-corrected chi connectivity index (χ4v) is 3.86. The topological polar surface area (TPSA) is 87.7 Å². The number of terminal acetylenes is 1. The van der Waals surface area contributed by atoms with Gasteiger partial charge >= 0.3 is 6.09 Å². The Morgan fingerprint density at radius 3 is 2.26 bits per heavy atom. The van der Waals surface area contributed by atoms with Crippen LogP contribution in [0.5, 0.6) is 0 Å². The van der Waals surface area contributed by atoms with E-state index >= 15 is 0 Å². The molecule has 0 heterocycles. The highest BCUT2D eigenvalue weighted by atomic mass is 16.6. The predicted octanol–water partition coefficient (Wildman–Crippen LogP) is 3.93. The first-order chi connectivity index (χ1) is 16.7. The molecule has 3 rings (SSSR count). The summed E-state index contributed by atoms with van der Waals surface area (Å²) in [5, 5.41) is 5.51. The molecule has 0 aromatic heterocycles. The quantitative estimate of drug-likeness (QED) is 0.567. The van der Waals surface area contributed by atoms with Gasteiger partial charge in [0.15, 0.2) is 0 Å². The molecule has 0 spiro atoms. The van der Waals surface area contributed by atoms with E-state index in [4.69, 9.17) is 11.2 Å². The summed E-state index contributed by atoms with van der Waals surface area (Å²) in [4.78, 5) is 40.7. The molecule has 0 saturated heterocycles. The van der Waals surface area contributed by atoms with Crippen LogP contribution in [0.2, 0.25) is 0 Å². The number of carbonyl (C=O) groups is 3. The molecule has 1 unspecified atom stereocenters. The van der Waals surface area contributed by atoms with E-state index in [-0.39, 0.29) is 24.4 Å². The molecule has 7 heteroatoms. The summed E-state index contributed by atoms with van der Waals surface area (Å²) in [5.74, 6) is 1.94. The van der Waals surface area contributed by atoms with Gasteiger partial charge in [-0.2, -0.15) is 0 Å². The van der Waals surface area contributed by atoms with Gasteiger partial charge in [-0.25, -0.2) is 4.79 Å². The molecule has 2 aromatic rings. The molecule has 1 fully saturated rings. The Morgan fingerprint density at radius 2 is 1.71 bits per heavy atom. The maximum absolute atomic E-state index is 13.5. The standard InChI is InChI=1S/C28H33N3O4/c1-5-20-14-16-22(17-15-20)25(26(33)29-18-21-10-7-6-8-11-21)31(23-12-9-13-23)24(32)19-30-27(34)35-28(2,3)4/h1,6-8,10-11,14-17,23,25H,9,12-13,18-19H2,2-4H3,(H,29,33)(H,30,34). The van der Waals surface area contributed by atoms with Crippen molar-refractivity contribution in [2.45, 2.75) is 64.3 Å². The summed E-state index contributed by atoms with van der Waals surface area (Å²) in [7, 11) is 0. The Hall–Kier alpha value is -3.79.